The molecule has 1 fully saturated rings. The van der Waals surface area contributed by atoms with Gasteiger partial charge in [-0.3, -0.25) is 4.55 Å². The Hall–Kier alpha value is -2.81. The van der Waals surface area contributed by atoms with E-state index in [1.165, 1.54) is 31.4 Å². The van der Waals surface area contributed by atoms with Crippen molar-refractivity contribution in [2.45, 2.75) is 45.9 Å². The topological polar surface area (TPSA) is 95.4 Å². The molecule has 0 unspecified atom stereocenters. The van der Waals surface area contributed by atoms with Gasteiger partial charge in [-0.15, -0.1) is 10.2 Å². The van der Waals surface area contributed by atoms with Gasteiger partial charge in [0.05, 0.1) is 10.6 Å². The lowest BCUT2D eigenvalue weighted by molar-refractivity contribution is 0.483. The standard InChI is InChI=1S/C17H22N4.C7H8O3S.2CH4/c1-3-7-15(8-4-1)16-9-10-17(20-19-16)21-13-6-2-5-11-18-12-14-21;1-6-2-4-7(5-3-6)11(8,9)10;;/h1,3-4,7-10,18H,2,5-6,11-14H2;2-5H,1H3,(H,8,9,10);2*1H4. The number of nitrogens with one attached hydrogen (secondary N) is 1. The Balaban J connectivity index is 0.000000382. The average Bonchev–Trinajstić information content (AvgIpc) is 2.94. The third kappa shape index (κ3) is 9.21. The third-order valence-electron chi connectivity index (χ3n) is 5.20. The second kappa shape index (κ2) is 14.5. The molecule has 186 valence electrons. The number of rotatable bonds is 3. The van der Waals surface area contributed by atoms with Crippen molar-refractivity contribution in [1.82, 2.24) is 15.5 Å². The van der Waals surface area contributed by atoms with E-state index in [0.29, 0.717) is 0 Å². The molecular formula is C26H38N4O3S. The van der Waals surface area contributed by atoms with Crippen molar-refractivity contribution in [3.8, 4) is 11.3 Å². The minimum atomic E-state index is -4.02. The number of nitrogens with zero attached hydrogens (tertiary/aromatic N) is 3. The molecule has 0 radical (unpaired) electrons. The van der Waals surface area contributed by atoms with E-state index in [9.17, 15) is 8.42 Å². The lowest BCUT2D eigenvalue weighted by Crippen LogP contribution is -2.32. The molecule has 0 amide bonds. The van der Waals surface area contributed by atoms with Crippen LogP contribution >= 0.6 is 0 Å². The van der Waals surface area contributed by atoms with Gasteiger partial charge in [0.2, 0.25) is 0 Å². The zero-order chi connectivity index (χ0) is 22.8. The molecule has 2 aromatic carbocycles. The van der Waals surface area contributed by atoms with Crippen LogP contribution in [0.3, 0.4) is 0 Å². The van der Waals surface area contributed by atoms with Gasteiger partial charge in [-0.25, -0.2) is 0 Å². The molecule has 0 spiro atoms. The van der Waals surface area contributed by atoms with E-state index in [4.69, 9.17) is 4.55 Å². The lowest BCUT2D eigenvalue weighted by atomic mass is 10.1. The Kier molecular flexibility index (Phi) is 12.4. The van der Waals surface area contributed by atoms with Crippen LogP contribution in [-0.4, -0.2) is 49.3 Å². The van der Waals surface area contributed by atoms with Gasteiger partial charge < -0.3 is 10.2 Å². The van der Waals surface area contributed by atoms with E-state index < -0.39 is 10.1 Å². The first kappa shape index (κ1) is 29.2. The van der Waals surface area contributed by atoms with Gasteiger partial charge in [-0.05, 0) is 50.6 Å². The van der Waals surface area contributed by atoms with Crippen molar-refractivity contribution in [2.24, 2.45) is 0 Å². The Bertz CT molecular complexity index is 1050. The molecule has 8 heteroatoms. The summed E-state index contributed by atoms with van der Waals surface area (Å²) in [4.78, 5) is 2.27. The van der Waals surface area contributed by atoms with E-state index in [1.54, 1.807) is 12.1 Å². The molecule has 1 saturated heterocycles. The summed E-state index contributed by atoms with van der Waals surface area (Å²) in [6, 6.07) is 20.3. The molecule has 3 aromatic rings. The second-order valence-electron chi connectivity index (χ2n) is 7.73. The Labute approximate surface area is 205 Å². The van der Waals surface area contributed by atoms with E-state index >= 15 is 0 Å². The van der Waals surface area contributed by atoms with Crippen molar-refractivity contribution >= 4 is 15.9 Å². The molecule has 34 heavy (non-hydrogen) atoms. The maximum absolute atomic E-state index is 10.5. The number of anilines is 1. The summed E-state index contributed by atoms with van der Waals surface area (Å²) in [7, 11) is -4.02. The SMILES string of the molecule is C.C.Cc1ccc(S(=O)(=O)O)cc1.c1ccc(-c2ccc(N3CCCCCNCC3)nn2)cc1. The maximum Gasteiger partial charge on any atom is 0.294 e. The van der Waals surface area contributed by atoms with Crippen LogP contribution in [-0.2, 0) is 10.1 Å². The van der Waals surface area contributed by atoms with Crippen LogP contribution in [0.1, 0.15) is 39.7 Å². The van der Waals surface area contributed by atoms with Crippen LogP contribution in [0.5, 0.6) is 0 Å². The largest absolute Gasteiger partial charge is 0.354 e. The van der Waals surface area contributed by atoms with Gasteiger partial charge >= 0.3 is 0 Å². The van der Waals surface area contributed by atoms with Crippen molar-refractivity contribution in [3.05, 3.63) is 72.3 Å². The molecule has 2 heterocycles. The fraction of sp³-hybridized carbons (Fsp3) is 0.385. The van der Waals surface area contributed by atoms with Gasteiger partial charge in [0, 0.05) is 25.2 Å². The van der Waals surface area contributed by atoms with E-state index in [0.717, 1.165) is 48.8 Å². The van der Waals surface area contributed by atoms with Crippen molar-refractivity contribution < 1.29 is 13.0 Å². The Morgan fingerprint density at radius 1 is 0.824 bits per heavy atom. The molecule has 2 N–H and O–H groups in total. The number of hydrogen-bond acceptors (Lipinski definition) is 6. The molecule has 0 saturated carbocycles. The van der Waals surface area contributed by atoms with Crippen LogP contribution < -0.4 is 10.2 Å². The van der Waals surface area contributed by atoms with Crippen molar-refractivity contribution in [2.75, 3.05) is 31.1 Å². The monoisotopic (exact) mass is 486 g/mol. The van der Waals surface area contributed by atoms with Gasteiger partial charge in [-0.2, -0.15) is 8.42 Å². The van der Waals surface area contributed by atoms with Gasteiger partial charge in [0.15, 0.2) is 5.82 Å². The van der Waals surface area contributed by atoms with Crippen LogP contribution in [0.2, 0.25) is 0 Å². The average molecular weight is 487 g/mol. The summed E-state index contributed by atoms with van der Waals surface area (Å²) in [5.74, 6) is 0.985. The summed E-state index contributed by atoms with van der Waals surface area (Å²) in [6.07, 6.45) is 3.77. The molecule has 1 aliphatic heterocycles. The van der Waals surface area contributed by atoms with E-state index in [1.807, 2.05) is 25.1 Å². The number of benzene rings is 2. The molecular weight excluding hydrogens is 448 g/mol. The van der Waals surface area contributed by atoms with Gasteiger partial charge in [0.1, 0.15) is 0 Å². The first-order valence-electron chi connectivity index (χ1n) is 10.8. The highest BCUT2D eigenvalue weighted by atomic mass is 32.2. The quantitative estimate of drug-likeness (QED) is 0.489. The fourth-order valence-electron chi connectivity index (χ4n) is 3.38. The summed E-state index contributed by atoms with van der Waals surface area (Å²) in [5, 5.41) is 12.3. The van der Waals surface area contributed by atoms with Crippen LogP contribution in [0.4, 0.5) is 5.82 Å². The fourth-order valence-corrected chi connectivity index (χ4v) is 3.86. The molecule has 4 rings (SSSR count). The number of aryl methyl sites for hydroxylation is 1. The Morgan fingerprint density at radius 2 is 1.53 bits per heavy atom. The van der Waals surface area contributed by atoms with Crippen LogP contribution in [0.15, 0.2) is 71.6 Å². The van der Waals surface area contributed by atoms with Gasteiger partial charge in [0.25, 0.3) is 10.1 Å². The van der Waals surface area contributed by atoms with E-state index in [-0.39, 0.29) is 19.7 Å². The molecule has 1 aliphatic rings. The third-order valence-corrected chi connectivity index (χ3v) is 6.07. The summed E-state index contributed by atoms with van der Waals surface area (Å²) in [5.41, 5.74) is 3.00. The molecule has 0 bridgehead atoms. The Morgan fingerprint density at radius 3 is 2.15 bits per heavy atom. The zero-order valence-corrected chi connectivity index (χ0v) is 19.1. The normalized spacial score (nSPS) is 14.1. The molecule has 0 atom stereocenters. The summed E-state index contributed by atoms with van der Waals surface area (Å²) < 4.78 is 29.6. The maximum atomic E-state index is 10.5. The van der Waals surface area contributed by atoms with Crippen molar-refractivity contribution in [1.29, 1.82) is 0 Å². The van der Waals surface area contributed by atoms with Crippen molar-refractivity contribution in [3.63, 3.8) is 0 Å². The minimum absolute atomic E-state index is 0. The predicted molar refractivity (Wildman–Crippen MR) is 141 cm³/mol. The van der Waals surface area contributed by atoms with Gasteiger partial charge in [-0.1, -0.05) is 69.3 Å². The highest BCUT2D eigenvalue weighted by Gasteiger charge is 2.10. The first-order valence-corrected chi connectivity index (χ1v) is 12.3. The van der Waals surface area contributed by atoms with Crippen LogP contribution in [0, 0.1) is 6.92 Å². The molecule has 0 aliphatic carbocycles. The second-order valence-corrected chi connectivity index (χ2v) is 9.15. The predicted octanol–water partition coefficient (Wildman–Crippen LogP) is 5.24. The highest BCUT2D eigenvalue weighted by molar-refractivity contribution is 7.85. The smallest absolute Gasteiger partial charge is 0.294 e. The number of aromatic nitrogens is 2. The first-order chi connectivity index (χ1) is 15.4. The van der Waals surface area contributed by atoms with Crippen LogP contribution in [0.25, 0.3) is 11.3 Å². The highest BCUT2D eigenvalue weighted by Crippen LogP contribution is 2.18. The summed E-state index contributed by atoms with van der Waals surface area (Å²) in [6.45, 7) is 6.06. The summed E-state index contributed by atoms with van der Waals surface area (Å²) >= 11 is 0. The molecule has 1 aromatic heterocycles. The number of hydrogen-bond donors (Lipinski definition) is 2. The lowest BCUT2D eigenvalue weighted by Gasteiger charge is -2.22. The minimum Gasteiger partial charge on any atom is -0.354 e. The zero-order valence-electron chi connectivity index (χ0n) is 18.3. The molecule has 7 nitrogen and oxygen atoms in total. The van der Waals surface area contributed by atoms with E-state index in [2.05, 4.69) is 44.7 Å².